The Balaban J connectivity index is 2.54. The van der Waals surface area contributed by atoms with Crippen molar-refractivity contribution in [3.63, 3.8) is 0 Å². The van der Waals surface area contributed by atoms with Crippen molar-refractivity contribution in [2.24, 2.45) is 5.92 Å². The molecule has 1 rings (SSSR count). The fraction of sp³-hybridized carbons (Fsp3) is 0.333. The van der Waals surface area contributed by atoms with E-state index in [0.29, 0.717) is 11.5 Å². The molecule has 1 atom stereocenters. The number of hydrogen-bond donors (Lipinski definition) is 0. The highest BCUT2D eigenvalue weighted by atomic mass is 17.2. The van der Waals surface area contributed by atoms with Crippen LogP contribution in [0, 0.1) is 5.92 Å². The Morgan fingerprint density at radius 3 is 2.39 bits per heavy atom. The Morgan fingerprint density at radius 2 is 1.78 bits per heavy atom. The molecule has 6 heteroatoms. The van der Waals surface area contributed by atoms with E-state index in [0.717, 1.165) is 0 Å². The summed E-state index contributed by atoms with van der Waals surface area (Å²) in [6.45, 7) is 1.36. The number of rotatable bonds is 5. The van der Waals surface area contributed by atoms with Gasteiger partial charge in [0.2, 0.25) is 0 Å². The van der Waals surface area contributed by atoms with Crippen LogP contribution < -0.4 is 9.62 Å². The lowest BCUT2D eigenvalue weighted by Gasteiger charge is -2.09. The minimum absolute atomic E-state index is 0.291. The van der Waals surface area contributed by atoms with E-state index in [2.05, 4.69) is 9.62 Å². The van der Waals surface area contributed by atoms with Crippen molar-refractivity contribution >= 4 is 11.9 Å². The molecule has 0 radical (unpaired) electrons. The highest BCUT2D eigenvalue weighted by Crippen LogP contribution is 2.19. The van der Waals surface area contributed by atoms with Gasteiger partial charge in [0.25, 0.3) is 0 Å². The molecule has 18 heavy (non-hydrogen) atoms. The van der Waals surface area contributed by atoms with E-state index >= 15 is 0 Å². The maximum Gasteiger partial charge on any atom is 0.369 e. The predicted molar refractivity (Wildman–Crippen MR) is 60.9 cm³/mol. The Morgan fingerprint density at radius 1 is 1.11 bits per heavy atom. The van der Waals surface area contributed by atoms with Gasteiger partial charge in [-0.2, -0.15) is 0 Å². The summed E-state index contributed by atoms with van der Waals surface area (Å²) < 4.78 is 9.38. The molecule has 1 unspecified atom stereocenters. The van der Waals surface area contributed by atoms with Gasteiger partial charge in [0, 0.05) is 6.07 Å². The van der Waals surface area contributed by atoms with Crippen molar-refractivity contribution in [3.05, 3.63) is 24.3 Å². The summed E-state index contributed by atoms with van der Waals surface area (Å²) >= 11 is 0. The van der Waals surface area contributed by atoms with Crippen LogP contribution in [0.15, 0.2) is 24.3 Å². The number of carbonyl (C=O) groups excluding carboxylic acids is 2. The second-order valence-electron chi connectivity index (χ2n) is 3.41. The van der Waals surface area contributed by atoms with E-state index in [4.69, 9.17) is 9.62 Å². The molecule has 0 saturated heterocycles. The molecule has 0 aromatic heterocycles. The van der Waals surface area contributed by atoms with Gasteiger partial charge in [0.05, 0.1) is 14.2 Å². The van der Waals surface area contributed by atoms with Crippen molar-refractivity contribution in [1.82, 2.24) is 0 Å². The number of ether oxygens (including phenoxy) is 2. The summed E-state index contributed by atoms with van der Waals surface area (Å²) in [7, 11) is 2.69. The average molecular weight is 254 g/mol. The van der Waals surface area contributed by atoms with Crippen LogP contribution in [-0.4, -0.2) is 26.2 Å². The molecular weight excluding hydrogens is 240 g/mol. The molecule has 1 aromatic rings. The second kappa shape index (κ2) is 6.48. The maximum atomic E-state index is 11.4. The molecule has 0 aliphatic rings. The van der Waals surface area contributed by atoms with Gasteiger partial charge >= 0.3 is 11.9 Å². The minimum atomic E-state index is -1.04. The Hall–Kier alpha value is -2.24. The highest BCUT2D eigenvalue weighted by Gasteiger charge is 2.25. The monoisotopic (exact) mass is 254 g/mol. The van der Waals surface area contributed by atoms with Gasteiger partial charge in [-0.3, -0.25) is 9.68 Å². The summed E-state index contributed by atoms with van der Waals surface area (Å²) in [5.74, 6) is -1.70. The largest absolute Gasteiger partial charge is 0.497 e. The smallest absolute Gasteiger partial charge is 0.369 e. The third-order valence-corrected chi connectivity index (χ3v) is 2.17. The van der Waals surface area contributed by atoms with E-state index < -0.39 is 17.9 Å². The summed E-state index contributed by atoms with van der Waals surface area (Å²) in [5, 5.41) is 0. The number of methoxy groups -OCH3 is 2. The first-order chi connectivity index (χ1) is 8.58. The van der Waals surface area contributed by atoms with Crippen molar-refractivity contribution in [3.8, 4) is 11.5 Å². The Bertz CT molecular complexity index is 428. The lowest BCUT2D eigenvalue weighted by molar-refractivity contribution is -0.219. The fourth-order valence-electron chi connectivity index (χ4n) is 1.09. The number of carbonyl (C=O) groups is 2. The van der Waals surface area contributed by atoms with Crippen LogP contribution in [0.4, 0.5) is 0 Å². The van der Waals surface area contributed by atoms with Crippen LogP contribution in [0.25, 0.3) is 0 Å². The van der Waals surface area contributed by atoms with Crippen molar-refractivity contribution < 1.29 is 28.8 Å². The van der Waals surface area contributed by atoms with Gasteiger partial charge in [-0.05, 0) is 19.1 Å². The van der Waals surface area contributed by atoms with E-state index in [1.807, 2.05) is 0 Å². The van der Waals surface area contributed by atoms with Crippen LogP contribution >= 0.6 is 0 Å². The summed E-state index contributed by atoms with van der Waals surface area (Å²) in [4.78, 5) is 31.8. The summed E-state index contributed by atoms with van der Waals surface area (Å²) in [6.07, 6.45) is 0. The topological polar surface area (TPSA) is 71.1 Å². The maximum absolute atomic E-state index is 11.4. The van der Waals surface area contributed by atoms with E-state index in [1.54, 1.807) is 18.2 Å². The molecule has 6 nitrogen and oxygen atoms in total. The molecule has 98 valence electrons. The molecule has 0 amide bonds. The van der Waals surface area contributed by atoms with Gasteiger partial charge in [-0.1, -0.05) is 6.07 Å². The van der Waals surface area contributed by atoms with Crippen molar-refractivity contribution in [2.75, 3.05) is 14.2 Å². The first kappa shape index (κ1) is 13.8. The zero-order chi connectivity index (χ0) is 13.5. The van der Waals surface area contributed by atoms with E-state index in [9.17, 15) is 9.59 Å². The van der Waals surface area contributed by atoms with Crippen molar-refractivity contribution in [1.29, 1.82) is 0 Å². The lowest BCUT2D eigenvalue weighted by Crippen LogP contribution is -2.25. The standard InChI is InChI=1S/C12H14O6/c1-8(11(13)16-3)12(14)18-17-10-6-4-5-9(7-10)15-2/h4-8H,1-3H3. The molecule has 0 aliphatic heterocycles. The van der Waals surface area contributed by atoms with Crippen LogP contribution in [0.5, 0.6) is 11.5 Å². The Labute approximate surface area is 104 Å². The summed E-state index contributed by atoms with van der Waals surface area (Å²) in [6, 6.07) is 6.51. The molecule has 0 spiro atoms. The van der Waals surface area contributed by atoms with Crippen molar-refractivity contribution in [2.45, 2.75) is 6.92 Å². The molecule has 1 aromatic carbocycles. The third kappa shape index (κ3) is 3.65. The normalized spacial score (nSPS) is 11.3. The number of esters is 1. The minimum Gasteiger partial charge on any atom is -0.497 e. The SMILES string of the molecule is COC(=O)C(C)C(=O)OOc1cccc(OC)c1. The molecule has 0 N–H and O–H groups in total. The zero-order valence-corrected chi connectivity index (χ0v) is 10.3. The second-order valence-corrected chi connectivity index (χ2v) is 3.41. The summed E-state index contributed by atoms with van der Waals surface area (Å²) in [5.41, 5.74) is 0. The van der Waals surface area contributed by atoms with Gasteiger partial charge in [0.1, 0.15) is 5.75 Å². The molecule has 0 bridgehead atoms. The molecule has 0 saturated carbocycles. The molecular formula is C12H14O6. The van der Waals surface area contributed by atoms with Gasteiger partial charge in [-0.25, -0.2) is 9.68 Å². The van der Waals surface area contributed by atoms with Gasteiger partial charge in [0.15, 0.2) is 11.7 Å². The molecule has 0 fully saturated rings. The third-order valence-electron chi connectivity index (χ3n) is 2.17. The number of benzene rings is 1. The molecule has 0 heterocycles. The van der Waals surface area contributed by atoms with Gasteiger partial charge < -0.3 is 9.47 Å². The highest BCUT2D eigenvalue weighted by molar-refractivity contribution is 5.94. The fourth-order valence-corrected chi connectivity index (χ4v) is 1.09. The van der Waals surface area contributed by atoms with E-state index in [1.165, 1.54) is 27.2 Å². The number of hydrogen-bond acceptors (Lipinski definition) is 6. The predicted octanol–water partition coefficient (Wildman–Crippen LogP) is 1.34. The van der Waals surface area contributed by atoms with Crippen LogP contribution in [-0.2, 0) is 19.2 Å². The van der Waals surface area contributed by atoms with Crippen LogP contribution in [0.3, 0.4) is 0 Å². The molecule has 0 aliphatic carbocycles. The zero-order valence-electron chi connectivity index (χ0n) is 10.3. The average Bonchev–Trinajstić information content (AvgIpc) is 2.43. The first-order valence-electron chi connectivity index (χ1n) is 5.18. The van der Waals surface area contributed by atoms with Gasteiger partial charge in [-0.15, -0.1) is 0 Å². The van der Waals surface area contributed by atoms with E-state index in [-0.39, 0.29) is 0 Å². The van der Waals surface area contributed by atoms with Crippen LogP contribution in [0.2, 0.25) is 0 Å². The quantitative estimate of drug-likeness (QED) is 0.342. The first-order valence-corrected chi connectivity index (χ1v) is 5.18. The van der Waals surface area contributed by atoms with Crippen LogP contribution in [0.1, 0.15) is 6.92 Å². The lowest BCUT2D eigenvalue weighted by atomic mass is 10.2. The Kier molecular flexibility index (Phi) is 4.98.